The normalized spacial score (nSPS) is 15.7. The molecule has 3 N–H and O–H groups in total. The van der Waals surface area contributed by atoms with Crippen LogP contribution in [-0.4, -0.2) is 63.5 Å². The third-order valence-corrected chi connectivity index (χ3v) is 7.74. The van der Waals surface area contributed by atoms with Gasteiger partial charge in [0, 0.05) is 49.2 Å². The Hall–Kier alpha value is -0.960. The van der Waals surface area contributed by atoms with Crippen LogP contribution in [-0.2, 0) is 10.0 Å². The largest absolute Gasteiger partial charge is 0.370 e. The first kappa shape index (κ1) is 22.3. The maximum absolute atomic E-state index is 12.1. The summed E-state index contributed by atoms with van der Waals surface area (Å²) in [6.07, 6.45) is 1.81. The number of nitrogens with zero attached hydrogens (tertiary/aromatic N) is 4. The Bertz CT molecular complexity index is 845. The highest BCUT2D eigenvalue weighted by Gasteiger charge is 2.20. The second-order valence-corrected chi connectivity index (χ2v) is 9.95. The van der Waals surface area contributed by atoms with Gasteiger partial charge in [-0.05, 0) is 19.1 Å². The highest BCUT2D eigenvalue weighted by Crippen LogP contribution is 2.20. The van der Waals surface area contributed by atoms with Crippen LogP contribution in [0.15, 0.2) is 32.9 Å². The molecule has 1 saturated heterocycles. The molecule has 0 saturated carbocycles. The first-order valence-corrected chi connectivity index (χ1v) is 11.4. The van der Waals surface area contributed by atoms with Crippen LogP contribution in [0.5, 0.6) is 0 Å². The minimum Gasteiger partial charge on any atom is -0.370 e. The number of halogens is 1. The zero-order valence-electron chi connectivity index (χ0n) is 14.9. The van der Waals surface area contributed by atoms with E-state index in [4.69, 9.17) is 5.73 Å². The van der Waals surface area contributed by atoms with Crippen molar-refractivity contribution >= 4 is 67.8 Å². The first-order valence-electron chi connectivity index (χ1n) is 8.21. The maximum Gasteiger partial charge on any atom is 0.250 e. The summed E-state index contributed by atoms with van der Waals surface area (Å²) in [4.78, 5) is 13.8. The molecule has 0 atom stereocenters. The molecule has 8 nitrogen and oxygen atoms in total. The molecule has 27 heavy (non-hydrogen) atoms. The summed E-state index contributed by atoms with van der Waals surface area (Å²) in [6, 6.07) is 3.41. The number of aryl methyl sites for hydroxylation is 1. The van der Waals surface area contributed by atoms with E-state index in [2.05, 4.69) is 19.6 Å². The van der Waals surface area contributed by atoms with Crippen molar-refractivity contribution in [2.24, 2.45) is 10.7 Å². The van der Waals surface area contributed by atoms with Gasteiger partial charge in [-0.15, -0.1) is 46.7 Å². The Morgan fingerprint density at radius 2 is 2.07 bits per heavy atom. The molecule has 150 valence electrons. The molecule has 2 aromatic heterocycles. The Morgan fingerprint density at radius 1 is 1.33 bits per heavy atom. The van der Waals surface area contributed by atoms with Crippen LogP contribution in [0.4, 0.5) is 5.13 Å². The molecular formula is C15H23IN6O2S3. The first-order chi connectivity index (χ1) is 12.5. The van der Waals surface area contributed by atoms with Gasteiger partial charge < -0.3 is 15.5 Å². The van der Waals surface area contributed by atoms with Crippen LogP contribution in [0.3, 0.4) is 0 Å². The summed E-state index contributed by atoms with van der Waals surface area (Å²) in [5.74, 6) is 0.454. The van der Waals surface area contributed by atoms with E-state index in [1.54, 1.807) is 29.7 Å². The SMILES string of the molecule is Cc1ccc(S(=O)(=O)NCCN=C(N)N2CCN(c3nccs3)CC2)s1.I. The van der Waals surface area contributed by atoms with E-state index >= 15 is 0 Å². The minimum absolute atomic E-state index is 0. The molecule has 3 heterocycles. The summed E-state index contributed by atoms with van der Waals surface area (Å²) in [6.45, 7) is 5.64. The molecule has 0 aromatic carbocycles. The van der Waals surface area contributed by atoms with Crippen molar-refractivity contribution in [2.75, 3.05) is 44.2 Å². The van der Waals surface area contributed by atoms with Gasteiger partial charge >= 0.3 is 0 Å². The summed E-state index contributed by atoms with van der Waals surface area (Å²) in [5.41, 5.74) is 6.05. The van der Waals surface area contributed by atoms with Gasteiger partial charge in [-0.1, -0.05) is 0 Å². The third-order valence-electron chi connectivity index (χ3n) is 3.95. The van der Waals surface area contributed by atoms with Gasteiger partial charge in [-0.25, -0.2) is 18.1 Å². The average Bonchev–Trinajstić information content (AvgIpc) is 3.30. The number of sulfonamides is 1. The quantitative estimate of drug-likeness (QED) is 0.249. The molecule has 0 aliphatic carbocycles. The fourth-order valence-electron chi connectivity index (χ4n) is 2.58. The van der Waals surface area contributed by atoms with Crippen molar-refractivity contribution in [3.05, 3.63) is 28.6 Å². The number of guanidine groups is 1. The highest BCUT2D eigenvalue weighted by molar-refractivity contribution is 14.0. The van der Waals surface area contributed by atoms with Crippen LogP contribution >= 0.6 is 46.7 Å². The monoisotopic (exact) mass is 542 g/mol. The Morgan fingerprint density at radius 3 is 2.67 bits per heavy atom. The predicted molar refractivity (Wildman–Crippen MR) is 122 cm³/mol. The van der Waals surface area contributed by atoms with Crippen LogP contribution < -0.4 is 15.4 Å². The molecular weight excluding hydrogens is 519 g/mol. The summed E-state index contributed by atoms with van der Waals surface area (Å²) in [7, 11) is -3.46. The molecule has 0 amide bonds. The number of nitrogens with one attached hydrogen (secondary N) is 1. The number of nitrogens with two attached hydrogens (primary N) is 1. The lowest BCUT2D eigenvalue weighted by molar-refractivity contribution is 0.380. The van der Waals surface area contributed by atoms with Crippen molar-refractivity contribution in [3.8, 4) is 0 Å². The van der Waals surface area contributed by atoms with Gasteiger partial charge in [0.15, 0.2) is 11.1 Å². The summed E-state index contributed by atoms with van der Waals surface area (Å²) in [5, 5.41) is 2.99. The number of hydrogen-bond donors (Lipinski definition) is 2. The minimum atomic E-state index is -3.46. The summed E-state index contributed by atoms with van der Waals surface area (Å²) >= 11 is 2.88. The number of aromatic nitrogens is 1. The van der Waals surface area contributed by atoms with E-state index in [9.17, 15) is 8.42 Å². The van der Waals surface area contributed by atoms with Gasteiger partial charge in [0.25, 0.3) is 0 Å². The Labute approximate surface area is 184 Å². The Balaban J connectivity index is 0.00000261. The molecule has 1 aliphatic rings. The molecule has 0 bridgehead atoms. The topological polar surface area (TPSA) is 104 Å². The maximum atomic E-state index is 12.1. The van der Waals surface area contributed by atoms with Gasteiger partial charge in [0.1, 0.15) is 4.21 Å². The van der Waals surface area contributed by atoms with E-state index in [1.807, 2.05) is 17.2 Å². The molecule has 12 heteroatoms. The van der Waals surface area contributed by atoms with Crippen molar-refractivity contribution < 1.29 is 8.42 Å². The van der Waals surface area contributed by atoms with Crippen LogP contribution in [0.1, 0.15) is 4.88 Å². The second-order valence-electron chi connectivity index (χ2n) is 5.79. The summed E-state index contributed by atoms with van der Waals surface area (Å²) < 4.78 is 27.2. The lowest BCUT2D eigenvalue weighted by Crippen LogP contribution is -2.51. The van der Waals surface area contributed by atoms with Gasteiger partial charge in [0.2, 0.25) is 10.0 Å². The number of hydrogen-bond acceptors (Lipinski definition) is 7. The molecule has 3 rings (SSSR count). The average molecular weight is 542 g/mol. The van der Waals surface area contributed by atoms with Crippen molar-refractivity contribution in [2.45, 2.75) is 11.1 Å². The predicted octanol–water partition coefficient (Wildman–Crippen LogP) is 1.55. The molecule has 1 aliphatic heterocycles. The molecule has 2 aromatic rings. The molecule has 0 spiro atoms. The molecule has 1 fully saturated rings. The van der Waals surface area contributed by atoms with Crippen LogP contribution in [0.25, 0.3) is 0 Å². The zero-order chi connectivity index (χ0) is 18.6. The lowest BCUT2D eigenvalue weighted by Gasteiger charge is -2.35. The van der Waals surface area contributed by atoms with E-state index in [1.165, 1.54) is 11.3 Å². The zero-order valence-corrected chi connectivity index (χ0v) is 19.6. The Kier molecular flexibility index (Phi) is 8.27. The van der Waals surface area contributed by atoms with Crippen molar-refractivity contribution in [1.29, 1.82) is 0 Å². The van der Waals surface area contributed by atoms with E-state index in [-0.39, 0.29) is 30.5 Å². The van der Waals surface area contributed by atoms with E-state index in [0.717, 1.165) is 36.2 Å². The number of anilines is 1. The fourth-order valence-corrected chi connectivity index (χ4v) is 5.62. The van der Waals surface area contributed by atoms with E-state index in [0.29, 0.717) is 16.7 Å². The second kappa shape index (κ2) is 10.0. The lowest BCUT2D eigenvalue weighted by atomic mass is 10.3. The highest BCUT2D eigenvalue weighted by atomic mass is 127. The third kappa shape index (κ3) is 6.01. The fraction of sp³-hybridized carbons (Fsp3) is 0.467. The van der Waals surface area contributed by atoms with Crippen LogP contribution in [0, 0.1) is 6.92 Å². The molecule has 0 radical (unpaired) electrons. The molecule has 0 unspecified atom stereocenters. The van der Waals surface area contributed by atoms with Gasteiger partial charge in [0.05, 0.1) is 6.54 Å². The van der Waals surface area contributed by atoms with Gasteiger partial charge in [-0.2, -0.15) is 0 Å². The van der Waals surface area contributed by atoms with E-state index < -0.39 is 10.0 Å². The van der Waals surface area contributed by atoms with Gasteiger partial charge in [-0.3, -0.25) is 4.99 Å². The van der Waals surface area contributed by atoms with Crippen LogP contribution in [0.2, 0.25) is 0 Å². The van der Waals surface area contributed by atoms with Crippen molar-refractivity contribution in [3.63, 3.8) is 0 Å². The number of piperazine rings is 1. The van der Waals surface area contributed by atoms with Crippen molar-refractivity contribution in [1.82, 2.24) is 14.6 Å². The number of aliphatic imine (C=N–C) groups is 1. The number of thiophene rings is 1. The smallest absolute Gasteiger partial charge is 0.250 e. The number of thiazole rings is 1. The standard InChI is InChI=1S/C15H22N6O2S3.HI/c1-12-2-3-13(25-12)26(22,23)19-5-4-17-14(16)20-7-9-21(10-8-20)15-18-6-11-24-15;/h2-3,6,11,19H,4-5,7-10H2,1H3,(H2,16,17);1H. The number of rotatable bonds is 6.